The van der Waals surface area contributed by atoms with Gasteiger partial charge < -0.3 is 10.4 Å². The van der Waals surface area contributed by atoms with Crippen molar-refractivity contribution in [3.8, 4) is 0 Å². The number of unbranched alkanes of at least 4 members (excludes halogenated alkanes) is 1. The molecule has 3 rings (SSSR count). The number of carbonyl (C=O) groups excluding carboxylic acids is 1. The van der Waals surface area contributed by atoms with E-state index in [9.17, 15) is 14.7 Å². The molecule has 0 radical (unpaired) electrons. The fraction of sp³-hybridized carbons (Fsp3) is 0.211. The summed E-state index contributed by atoms with van der Waals surface area (Å²) in [6, 6.07) is 5.47. The Bertz CT molecular complexity index is 1150. The SMILES string of the molecule is CCCCSc1nc2ccc(NC(=O)c3c(Br)c(Br)c(Br)c(Br)c3C(=O)O)cc2s1. The van der Waals surface area contributed by atoms with Crippen LogP contribution in [0, 0.1) is 0 Å². The van der Waals surface area contributed by atoms with Crippen molar-refractivity contribution in [1.29, 1.82) is 0 Å². The van der Waals surface area contributed by atoms with Crippen LogP contribution in [0.5, 0.6) is 0 Å². The third-order valence-electron chi connectivity index (χ3n) is 4.06. The number of aromatic carboxylic acids is 1. The normalized spacial score (nSPS) is 11.1. The summed E-state index contributed by atoms with van der Waals surface area (Å²) in [6.45, 7) is 2.16. The summed E-state index contributed by atoms with van der Waals surface area (Å²) in [6.07, 6.45) is 2.28. The number of halogens is 4. The van der Waals surface area contributed by atoms with E-state index < -0.39 is 11.9 Å². The number of thioether (sulfide) groups is 1. The highest BCUT2D eigenvalue weighted by Crippen LogP contribution is 2.42. The van der Waals surface area contributed by atoms with Crippen LogP contribution in [0.3, 0.4) is 0 Å². The molecule has 0 fully saturated rings. The van der Waals surface area contributed by atoms with Crippen molar-refractivity contribution in [3.05, 3.63) is 47.2 Å². The van der Waals surface area contributed by atoms with E-state index in [1.165, 1.54) is 0 Å². The number of nitrogens with one attached hydrogen (secondary N) is 1. The molecule has 1 amide bonds. The second-order valence-electron chi connectivity index (χ2n) is 6.13. The molecular formula is C19H14Br4N2O3S2. The summed E-state index contributed by atoms with van der Waals surface area (Å²) in [4.78, 5) is 29.5. The average molecular weight is 702 g/mol. The highest BCUT2D eigenvalue weighted by Gasteiger charge is 2.28. The standard InChI is InChI=1S/C19H14Br4N2O3S2/c1-2-3-6-29-19-25-9-5-4-8(7-10(9)30-19)24-17(26)11-12(18(27)28)14(21)16(23)15(22)13(11)20/h4-5,7H,2-3,6H2,1H3,(H,24,26)(H,27,28). The van der Waals surface area contributed by atoms with Gasteiger partial charge in [0.15, 0.2) is 4.34 Å². The van der Waals surface area contributed by atoms with Crippen molar-refractivity contribution < 1.29 is 14.7 Å². The van der Waals surface area contributed by atoms with Crippen molar-refractivity contribution >= 4 is 115 Å². The summed E-state index contributed by atoms with van der Waals surface area (Å²) in [5.41, 5.74) is 1.32. The summed E-state index contributed by atoms with van der Waals surface area (Å²) < 4.78 is 3.63. The molecule has 0 aliphatic rings. The quantitative estimate of drug-likeness (QED) is 0.112. The van der Waals surface area contributed by atoms with Crippen LogP contribution in [-0.2, 0) is 0 Å². The molecule has 0 unspecified atom stereocenters. The molecule has 0 atom stereocenters. The Morgan fingerprint density at radius 1 is 1.10 bits per heavy atom. The van der Waals surface area contributed by atoms with Crippen LogP contribution >= 0.6 is 86.8 Å². The van der Waals surface area contributed by atoms with E-state index in [1.54, 1.807) is 29.2 Å². The number of rotatable bonds is 7. The zero-order valence-corrected chi connectivity index (χ0v) is 23.4. The van der Waals surface area contributed by atoms with Gasteiger partial charge >= 0.3 is 5.97 Å². The number of fused-ring (bicyclic) bond motifs is 1. The summed E-state index contributed by atoms with van der Waals surface area (Å²) in [5.74, 6) is -0.721. The molecule has 0 aliphatic carbocycles. The van der Waals surface area contributed by atoms with Gasteiger partial charge in [0.1, 0.15) is 0 Å². The number of hydrogen-bond acceptors (Lipinski definition) is 5. The second-order valence-corrected chi connectivity index (χ2v) is 11.7. The smallest absolute Gasteiger partial charge is 0.337 e. The molecule has 2 N–H and O–H groups in total. The molecule has 0 bridgehead atoms. The first-order chi connectivity index (χ1) is 14.2. The van der Waals surface area contributed by atoms with Crippen LogP contribution in [-0.4, -0.2) is 27.7 Å². The van der Waals surface area contributed by atoms with Gasteiger partial charge in [-0.1, -0.05) is 25.1 Å². The summed E-state index contributed by atoms with van der Waals surface area (Å²) in [5, 5.41) is 12.5. The predicted molar refractivity (Wildman–Crippen MR) is 137 cm³/mol. The number of nitrogens with zero attached hydrogens (tertiary/aromatic N) is 1. The number of carboxylic acid groups (broad SMARTS) is 1. The molecule has 1 aromatic heterocycles. The molecule has 2 aromatic carbocycles. The molecular weight excluding hydrogens is 688 g/mol. The zero-order valence-electron chi connectivity index (χ0n) is 15.4. The van der Waals surface area contributed by atoms with Crippen LogP contribution in [0.1, 0.15) is 40.5 Å². The van der Waals surface area contributed by atoms with Gasteiger partial charge in [0, 0.05) is 29.3 Å². The fourth-order valence-corrected chi connectivity index (χ4v) is 7.32. The lowest BCUT2D eigenvalue weighted by molar-refractivity contribution is 0.0691. The Kier molecular flexibility index (Phi) is 8.42. The second kappa shape index (κ2) is 10.4. The van der Waals surface area contributed by atoms with Crippen molar-refractivity contribution in [2.24, 2.45) is 0 Å². The van der Waals surface area contributed by atoms with E-state index >= 15 is 0 Å². The lowest BCUT2D eigenvalue weighted by Gasteiger charge is -2.14. The Labute approximate surface area is 214 Å². The van der Waals surface area contributed by atoms with E-state index in [2.05, 4.69) is 80.9 Å². The van der Waals surface area contributed by atoms with Crippen LogP contribution in [0.25, 0.3) is 10.2 Å². The molecule has 11 heteroatoms. The van der Waals surface area contributed by atoms with Gasteiger partial charge in [-0.15, -0.1) is 11.3 Å². The van der Waals surface area contributed by atoms with Crippen molar-refractivity contribution in [2.75, 3.05) is 11.1 Å². The zero-order chi connectivity index (χ0) is 22.0. The molecule has 0 spiro atoms. The number of benzene rings is 2. The molecule has 0 saturated heterocycles. The number of carboxylic acids is 1. The van der Waals surface area contributed by atoms with Crippen molar-refractivity contribution in [2.45, 2.75) is 24.1 Å². The van der Waals surface area contributed by atoms with Gasteiger partial charge in [-0.25, -0.2) is 9.78 Å². The number of hydrogen-bond donors (Lipinski definition) is 2. The van der Waals surface area contributed by atoms with Crippen LogP contribution < -0.4 is 5.32 Å². The minimum atomic E-state index is -1.22. The third-order valence-corrected chi connectivity index (χ3v) is 11.1. The summed E-state index contributed by atoms with van der Waals surface area (Å²) >= 11 is 16.6. The van der Waals surface area contributed by atoms with Gasteiger partial charge in [-0.05, 0) is 88.3 Å². The third kappa shape index (κ3) is 5.12. The largest absolute Gasteiger partial charge is 0.478 e. The minimum absolute atomic E-state index is 0.0182. The van der Waals surface area contributed by atoms with Gasteiger partial charge in [0.2, 0.25) is 0 Å². The Hall–Kier alpha value is -0.460. The molecule has 0 aliphatic heterocycles. The lowest BCUT2D eigenvalue weighted by atomic mass is 10.1. The number of amides is 1. The predicted octanol–water partition coefficient (Wildman–Crippen LogP) is 8.19. The maximum atomic E-state index is 13.0. The highest BCUT2D eigenvalue weighted by molar-refractivity contribution is 9.15. The van der Waals surface area contributed by atoms with E-state index in [1.807, 2.05) is 12.1 Å². The number of anilines is 1. The maximum Gasteiger partial charge on any atom is 0.337 e. The molecule has 5 nitrogen and oxygen atoms in total. The van der Waals surface area contributed by atoms with E-state index in [-0.39, 0.29) is 15.6 Å². The first kappa shape index (κ1) is 24.2. The first-order valence-corrected chi connectivity index (χ1v) is 13.7. The molecule has 30 heavy (non-hydrogen) atoms. The lowest BCUT2D eigenvalue weighted by Crippen LogP contribution is -2.18. The average Bonchev–Trinajstić information content (AvgIpc) is 3.10. The van der Waals surface area contributed by atoms with Gasteiger partial charge in [-0.3, -0.25) is 4.79 Å². The topological polar surface area (TPSA) is 79.3 Å². The van der Waals surface area contributed by atoms with E-state index in [0.29, 0.717) is 19.1 Å². The minimum Gasteiger partial charge on any atom is -0.478 e. The molecule has 158 valence electrons. The Balaban J connectivity index is 1.92. The van der Waals surface area contributed by atoms with Gasteiger partial charge in [-0.2, -0.15) is 0 Å². The number of aromatic nitrogens is 1. The van der Waals surface area contributed by atoms with Crippen LogP contribution in [0.15, 0.2) is 40.4 Å². The van der Waals surface area contributed by atoms with Crippen LogP contribution in [0.4, 0.5) is 5.69 Å². The highest BCUT2D eigenvalue weighted by atomic mass is 79.9. The molecule has 3 aromatic rings. The number of carbonyl (C=O) groups is 2. The van der Waals surface area contributed by atoms with Crippen molar-refractivity contribution in [3.63, 3.8) is 0 Å². The molecule has 0 saturated carbocycles. The number of thiazole rings is 1. The maximum absolute atomic E-state index is 13.0. The van der Waals surface area contributed by atoms with Crippen LogP contribution in [0.2, 0.25) is 0 Å². The van der Waals surface area contributed by atoms with Crippen molar-refractivity contribution in [1.82, 2.24) is 4.98 Å². The fourth-order valence-electron chi connectivity index (χ4n) is 2.59. The van der Waals surface area contributed by atoms with Gasteiger partial charge in [0.05, 0.1) is 21.3 Å². The summed E-state index contributed by atoms with van der Waals surface area (Å²) in [7, 11) is 0. The monoisotopic (exact) mass is 698 g/mol. The van der Waals surface area contributed by atoms with E-state index in [0.717, 1.165) is 33.2 Å². The van der Waals surface area contributed by atoms with E-state index in [4.69, 9.17) is 0 Å². The van der Waals surface area contributed by atoms with Gasteiger partial charge in [0.25, 0.3) is 5.91 Å². The first-order valence-electron chi connectivity index (χ1n) is 8.68. The Morgan fingerprint density at radius 2 is 1.77 bits per heavy atom. The Morgan fingerprint density at radius 3 is 2.40 bits per heavy atom. The molecule has 1 heterocycles.